The minimum atomic E-state index is 0.480. The van der Waals surface area contributed by atoms with Gasteiger partial charge >= 0.3 is 0 Å². The minimum absolute atomic E-state index is 0.480. The fourth-order valence-corrected chi connectivity index (χ4v) is 3.45. The first-order valence-corrected chi connectivity index (χ1v) is 9.18. The predicted octanol–water partition coefficient (Wildman–Crippen LogP) is 4.97. The largest absolute Gasteiger partial charge is 0.489 e. The normalized spacial score (nSPS) is 12.8. The molecule has 0 fully saturated rings. The van der Waals surface area contributed by atoms with E-state index in [2.05, 4.69) is 40.8 Å². The highest BCUT2D eigenvalue weighted by Gasteiger charge is 2.11. The molecule has 0 spiro atoms. The molecule has 0 saturated carbocycles. The molecule has 4 heteroatoms. The number of benzene rings is 2. The van der Waals surface area contributed by atoms with Gasteiger partial charge in [-0.3, -0.25) is 0 Å². The van der Waals surface area contributed by atoms with Crippen LogP contribution in [0.25, 0.3) is 0 Å². The Kier molecular flexibility index (Phi) is 4.65. The third kappa shape index (κ3) is 3.59. The van der Waals surface area contributed by atoms with Crippen molar-refractivity contribution >= 4 is 5.69 Å². The quantitative estimate of drug-likeness (QED) is 0.683. The summed E-state index contributed by atoms with van der Waals surface area (Å²) >= 11 is 0. The van der Waals surface area contributed by atoms with Crippen molar-refractivity contribution in [2.45, 2.75) is 46.3 Å². The highest BCUT2D eigenvalue weighted by Crippen LogP contribution is 2.25. The first-order chi connectivity index (χ1) is 12.7. The average Bonchev–Trinajstić information content (AvgIpc) is 3.25. The fraction of sp³-hybridized carbons (Fsp3) is 0.318. The summed E-state index contributed by atoms with van der Waals surface area (Å²) in [5.41, 5.74) is 7.35. The second kappa shape index (κ2) is 7.24. The summed E-state index contributed by atoms with van der Waals surface area (Å²) in [4.78, 5) is 0. The SMILES string of the molecule is Cc1noc(C)c1COc1ccc(CNc2ccc3c(c2)CCC3)cc1. The molecular formula is C22H24N2O2. The van der Waals surface area contributed by atoms with E-state index >= 15 is 0 Å². The number of nitrogens with zero attached hydrogens (tertiary/aromatic N) is 1. The van der Waals surface area contributed by atoms with E-state index in [-0.39, 0.29) is 0 Å². The lowest BCUT2D eigenvalue weighted by atomic mass is 10.1. The van der Waals surface area contributed by atoms with E-state index in [0.29, 0.717) is 6.61 Å². The summed E-state index contributed by atoms with van der Waals surface area (Å²) in [6, 6.07) is 15.0. The Balaban J connectivity index is 1.33. The highest BCUT2D eigenvalue weighted by atomic mass is 16.5. The Morgan fingerprint density at radius 2 is 1.85 bits per heavy atom. The Bertz CT molecular complexity index is 878. The zero-order valence-electron chi connectivity index (χ0n) is 15.3. The van der Waals surface area contributed by atoms with E-state index in [1.54, 1.807) is 0 Å². The van der Waals surface area contributed by atoms with Crippen LogP contribution in [0.4, 0.5) is 5.69 Å². The first-order valence-electron chi connectivity index (χ1n) is 9.18. The molecule has 2 aromatic carbocycles. The second-order valence-corrected chi connectivity index (χ2v) is 6.93. The summed E-state index contributed by atoms with van der Waals surface area (Å²) in [5.74, 6) is 1.67. The molecule has 0 saturated heterocycles. The lowest BCUT2D eigenvalue weighted by molar-refractivity contribution is 0.301. The molecule has 0 atom stereocenters. The molecule has 1 heterocycles. The lowest BCUT2D eigenvalue weighted by Gasteiger charge is -2.10. The summed E-state index contributed by atoms with van der Waals surface area (Å²) in [6.07, 6.45) is 3.72. The Morgan fingerprint density at radius 3 is 2.62 bits per heavy atom. The van der Waals surface area contributed by atoms with Gasteiger partial charge in [0.25, 0.3) is 0 Å². The molecule has 0 aliphatic heterocycles. The van der Waals surface area contributed by atoms with Crippen LogP contribution in [0.5, 0.6) is 5.75 Å². The zero-order chi connectivity index (χ0) is 17.9. The van der Waals surface area contributed by atoms with Gasteiger partial charge in [0.15, 0.2) is 0 Å². The molecule has 1 N–H and O–H groups in total. The third-order valence-corrected chi connectivity index (χ3v) is 5.08. The number of hydrogen-bond donors (Lipinski definition) is 1. The van der Waals surface area contributed by atoms with Gasteiger partial charge in [-0.05, 0) is 74.1 Å². The van der Waals surface area contributed by atoms with Crippen LogP contribution in [-0.2, 0) is 26.0 Å². The van der Waals surface area contributed by atoms with Crippen molar-refractivity contribution in [2.24, 2.45) is 0 Å². The summed E-state index contributed by atoms with van der Waals surface area (Å²) < 4.78 is 11.0. The van der Waals surface area contributed by atoms with Crippen molar-refractivity contribution < 1.29 is 9.26 Å². The van der Waals surface area contributed by atoms with Crippen molar-refractivity contribution in [3.05, 3.63) is 76.2 Å². The highest BCUT2D eigenvalue weighted by molar-refractivity contribution is 5.50. The van der Waals surface area contributed by atoms with E-state index in [4.69, 9.17) is 9.26 Å². The van der Waals surface area contributed by atoms with Crippen LogP contribution in [0, 0.1) is 13.8 Å². The summed E-state index contributed by atoms with van der Waals surface area (Å²) in [7, 11) is 0. The summed E-state index contributed by atoms with van der Waals surface area (Å²) in [5, 5.41) is 7.47. The van der Waals surface area contributed by atoms with Crippen molar-refractivity contribution in [2.75, 3.05) is 5.32 Å². The maximum absolute atomic E-state index is 5.86. The van der Waals surface area contributed by atoms with Crippen molar-refractivity contribution in [1.29, 1.82) is 0 Å². The van der Waals surface area contributed by atoms with Crippen LogP contribution in [-0.4, -0.2) is 5.16 Å². The number of fused-ring (bicyclic) bond motifs is 1. The number of nitrogens with one attached hydrogen (secondary N) is 1. The van der Waals surface area contributed by atoms with Gasteiger partial charge in [0.05, 0.1) is 11.3 Å². The molecule has 4 rings (SSSR count). The van der Waals surface area contributed by atoms with Gasteiger partial charge in [0, 0.05) is 12.2 Å². The molecule has 1 aromatic heterocycles. The zero-order valence-corrected chi connectivity index (χ0v) is 15.3. The van der Waals surface area contributed by atoms with Gasteiger partial charge in [-0.2, -0.15) is 0 Å². The minimum Gasteiger partial charge on any atom is -0.489 e. The molecule has 0 amide bonds. The number of rotatable bonds is 6. The van der Waals surface area contributed by atoms with Crippen LogP contribution in [0.15, 0.2) is 47.0 Å². The Labute approximate surface area is 154 Å². The molecule has 0 unspecified atom stereocenters. The molecule has 134 valence electrons. The van der Waals surface area contributed by atoms with Crippen molar-refractivity contribution in [3.8, 4) is 5.75 Å². The number of hydrogen-bond acceptors (Lipinski definition) is 4. The van der Waals surface area contributed by atoms with Gasteiger partial charge < -0.3 is 14.6 Å². The van der Waals surface area contributed by atoms with Gasteiger partial charge in [-0.25, -0.2) is 0 Å². The fourth-order valence-electron chi connectivity index (χ4n) is 3.45. The van der Waals surface area contributed by atoms with Crippen molar-refractivity contribution in [1.82, 2.24) is 5.16 Å². The first kappa shape index (κ1) is 16.7. The lowest BCUT2D eigenvalue weighted by Crippen LogP contribution is -2.01. The van der Waals surface area contributed by atoms with Gasteiger partial charge in [0.2, 0.25) is 0 Å². The molecule has 1 aliphatic carbocycles. The van der Waals surface area contributed by atoms with Gasteiger partial charge in [-0.15, -0.1) is 0 Å². The smallest absolute Gasteiger partial charge is 0.140 e. The Hall–Kier alpha value is -2.75. The van der Waals surface area contributed by atoms with E-state index in [1.165, 1.54) is 41.6 Å². The van der Waals surface area contributed by atoms with Gasteiger partial charge in [0.1, 0.15) is 18.1 Å². The van der Waals surface area contributed by atoms with Crippen LogP contribution in [0.1, 0.15) is 40.1 Å². The van der Waals surface area contributed by atoms with E-state index in [9.17, 15) is 0 Å². The second-order valence-electron chi connectivity index (χ2n) is 6.93. The van der Waals surface area contributed by atoms with E-state index < -0.39 is 0 Å². The molecule has 1 aliphatic rings. The van der Waals surface area contributed by atoms with Crippen molar-refractivity contribution in [3.63, 3.8) is 0 Å². The van der Waals surface area contributed by atoms with E-state index in [0.717, 1.165) is 29.3 Å². The van der Waals surface area contributed by atoms with Gasteiger partial charge in [-0.1, -0.05) is 23.4 Å². The number of ether oxygens (including phenoxy) is 1. The molecule has 3 aromatic rings. The average molecular weight is 348 g/mol. The number of aromatic nitrogens is 1. The monoisotopic (exact) mass is 348 g/mol. The standard InChI is InChI=1S/C22H24N2O2/c1-15-22(16(2)26-24-15)14-25-21-10-6-17(7-11-21)13-23-20-9-8-18-4-3-5-19(18)12-20/h6-12,23H,3-5,13-14H2,1-2H3. The topological polar surface area (TPSA) is 47.3 Å². The molecule has 4 nitrogen and oxygen atoms in total. The molecule has 26 heavy (non-hydrogen) atoms. The van der Waals surface area contributed by atoms with E-state index in [1.807, 2.05) is 26.0 Å². The number of anilines is 1. The summed E-state index contributed by atoms with van der Waals surface area (Å²) in [6.45, 7) is 5.13. The number of aryl methyl sites for hydroxylation is 4. The van der Waals surface area contributed by atoms with Crippen LogP contribution >= 0.6 is 0 Å². The maximum Gasteiger partial charge on any atom is 0.140 e. The van der Waals surface area contributed by atoms with Crippen LogP contribution in [0.3, 0.4) is 0 Å². The molecule has 0 radical (unpaired) electrons. The molecular weight excluding hydrogens is 324 g/mol. The molecule has 0 bridgehead atoms. The maximum atomic E-state index is 5.86. The third-order valence-electron chi connectivity index (χ3n) is 5.08. The Morgan fingerprint density at radius 1 is 1.04 bits per heavy atom. The predicted molar refractivity (Wildman–Crippen MR) is 103 cm³/mol. The van der Waals surface area contributed by atoms with Crippen LogP contribution < -0.4 is 10.1 Å². The van der Waals surface area contributed by atoms with Crippen LogP contribution in [0.2, 0.25) is 0 Å².